The summed E-state index contributed by atoms with van der Waals surface area (Å²) in [4.78, 5) is 54.6. The van der Waals surface area contributed by atoms with Crippen LogP contribution in [0, 0.1) is 5.41 Å². The lowest BCUT2D eigenvalue weighted by Gasteiger charge is -2.40. The molecule has 2 aromatic rings. The molecule has 0 aromatic heterocycles. The lowest BCUT2D eigenvalue weighted by molar-refractivity contribution is -0.154. The van der Waals surface area contributed by atoms with Gasteiger partial charge in [-0.05, 0) is 57.2 Å². The zero-order valence-electron chi connectivity index (χ0n) is 25.3. The van der Waals surface area contributed by atoms with Gasteiger partial charge in [-0.3, -0.25) is 9.59 Å². The summed E-state index contributed by atoms with van der Waals surface area (Å²) in [6.07, 6.45) is -0.109. The highest BCUT2D eigenvalue weighted by Gasteiger charge is 2.41. The number of amides is 3. The van der Waals surface area contributed by atoms with E-state index in [1.54, 1.807) is 32.6 Å². The van der Waals surface area contributed by atoms with E-state index in [1.807, 2.05) is 61.5 Å². The van der Waals surface area contributed by atoms with Gasteiger partial charge in [-0.25, -0.2) is 9.59 Å². The fourth-order valence-electron chi connectivity index (χ4n) is 4.72. The van der Waals surface area contributed by atoms with Crippen molar-refractivity contribution in [2.75, 3.05) is 26.2 Å². The van der Waals surface area contributed by atoms with E-state index < -0.39 is 29.2 Å². The average molecular weight is 582 g/mol. The Morgan fingerprint density at radius 3 is 2.17 bits per heavy atom. The van der Waals surface area contributed by atoms with Crippen molar-refractivity contribution in [3.63, 3.8) is 0 Å². The Hall–Kier alpha value is -4.08. The maximum atomic E-state index is 14.0. The molecular formula is C32H43N3O7. The molecule has 228 valence electrons. The molecule has 3 rings (SSSR count). The molecule has 10 heteroatoms. The van der Waals surface area contributed by atoms with Crippen LogP contribution in [0.4, 0.5) is 9.59 Å². The van der Waals surface area contributed by atoms with Crippen LogP contribution in [-0.2, 0) is 43.5 Å². The molecule has 0 saturated carbocycles. The van der Waals surface area contributed by atoms with Crippen LogP contribution in [0.5, 0.6) is 0 Å². The highest BCUT2D eigenvalue weighted by Crippen LogP contribution is 2.34. The van der Waals surface area contributed by atoms with Gasteiger partial charge < -0.3 is 29.3 Å². The number of nitrogens with one attached hydrogen (secondary N) is 1. The van der Waals surface area contributed by atoms with E-state index in [4.69, 9.17) is 14.2 Å². The second-order valence-electron chi connectivity index (χ2n) is 11.7. The van der Waals surface area contributed by atoms with Crippen LogP contribution in [0.15, 0.2) is 54.6 Å². The number of nitrogens with zero attached hydrogens (tertiary/aromatic N) is 2. The van der Waals surface area contributed by atoms with Crippen molar-refractivity contribution in [1.29, 1.82) is 0 Å². The van der Waals surface area contributed by atoms with E-state index >= 15 is 0 Å². The van der Waals surface area contributed by atoms with Crippen LogP contribution in [0.1, 0.15) is 64.2 Å². The molecule has 3 amide bonds. The molecule has 0 unspecified atom stereocenters. The highest BCUT2D eigenvalue weighted by molar-refractivity contribution is 5.86. The van der Waals surface area contributed by atoms with Crippen molar-refractivity contribution in [3.8, 4) is 0 Å². The monoisotopic (exact) mass is 581 g/mol. The standard InChI is InChI=1S/C32H43N3O7/c1-6-40-27(36)22-35(21-26-15-11-10-14-25(26)20-33-29(38)42-31(2,3)4)28(37)32(5)16-18-34(19-17-32)30(39)41-23-24-12-8-7-9-13-24/h7-15H,6,16-23H2,1-5H3,(H,33,38). The number of alkyl carbamates (subject to hydrolysis) is 1. The summed E-state index contributed by atoms with van der Waals surface area (Å²) < 4.78 is 16.0. The molecule has 2 aromatic carbocycles. The molecule has 42 heavy (non-hydrogen) atoms. The van der Waals surface area contributed by atoms with E-state index in [2.05, 4.69) is 5.32 Å². The summed E-state index contributed by atoms with van der Waals surface area (Å²) in [6, 6.07) is 16.9. The predicted molar refractivity (Wildman–Crippen MR) is 157 cm³/mol. The minimum atomic E-state index is -0.785. The van der Waals surface area contributed by atoms with Crippen LogP contribution in [0.25, 0.3) is 0 Å². The fraction of sp³-hybridized carbons (Fsp3) is 0.500. The maximum absolute atomic E-state index is 14.0. The van der Waals surface area contributed by atoms with Gasteiger partial charge in [-0.2, -0.15) is 0 Å². The summed E-state index contributed by atoms with van der Waals surface area (Å²) in [5, 5.41) is 2.76. The number of piperidine rings is 1. The molecule has 1 aliphatic rings. The highest BCUT2D eigenvalue weighted by atomic mass is 16.6. The van der Waals surface area contributed by atoms with Gasteiger partial charge in [-0.15, -0.1) is 0 Å². The van der Waals surface area contributed by atoms with E-state index in [1.165, 1.54) is 4.90 Å². The first-order valence-corrected chi connectivity index (χ1v) is 14.3. The molecule has 1 aliphatic heterocycles. The molecular weight excluding hydrogens is 538 g/mol. The number of ether oxygens (including phenoxy) is 3. The molecule has 1 heterocycles. The van der Waals surface area contributed by atoms with Crippen molar-refractivity contribution < 1.29 is 33.4 Å². The first-order chi connectivity index (χ1) is 19.9. The zero-order valence-corrected chi connectivity index (χ0v) is 25.3. The Morgan fingerprint density at radius 2 is 1.55 bits per heavy atom. The van der Waals surface area contributed by atoms with Crippen LogP contribution in [0.3, 0.4) is 0 Å². The van der Waals surface area contributed by atoms with Crippen LogP contribution in [0.2, 0.25) is 0 Å². The van der Waals surface area contributed by atoms with Crippen LogP contribution in [-0.4, -0.2) is 65.7 Å². The summed E-state index contributed by atoms with van der Waals surface area (Å²) >= 11 is 0. The molecule has 10 nitrogen and oxygen atoms in total. The molecule has 1 fully saturated rings. The Morgan fingerprint density at radius 1 is 0.929 bits per heavy atom. The second kappa shape index (κ2) is 14.7. The van der Waals surface area contributed by atoms with Gasteiger partial charge in [0.15, 0.2) is 0 Å². The minimum absolute atomic E-state index is 0.155. The van der Waals surface area contributed by atoms with E-state index in [0.717, 1.165) is 16.7 Å². The number of likely N-dealkylation sites (tertiary alicyclic amines) is 1. The number of benzene rings is 2. The Labute approximate surface area is 248 Å². The average Bonchev–Trinajstić information content (AvgIpc) is 2.95. The van der Waals surface area contributed by atoms with Gasteiger partial charge in [0.1, 0.15) is 18.8 Å². The second-order valence-corrected chi connectivity index (χ2v) is 11.7. The molecule has 0 bridgehead atoms. The summed E-state index contributed by atoms with van der Waals surface area (Å²) in [6.45, 7) is 10.2. The van der Waals surface area contributed by atoms with E-state index in [0.29, 0.717) is 25.9 Å². The van der Waals surface area contributed by atoms with Crippen molar-refractivity contribution in [2.45, 2.75) is 72.8 Å². The third kappa shape index (κ3) is 9.78. The summed E-state index contributed by atoms with van der Waals surface area (Å²) in [5.41, 5.74) is 1.07. The quantitative estimate of drug-likeness (QED) is 0.309. The first kappa shape index (κ1) is 32.4. The molecule has 1 N–H and O–H groups in total. The number of esters is 1. The predicted octanol–water partition coefficient (Wildman–Crippen LogP) is 5.04. The lowest BCUT2D eigenvalue weighted by atomic mass is 9.79. The number of hydrogen-bond acceptors (Lipinski definition) is 7. The minimum Gasteiger partial charge on any atom is -0.465 e. The smallest absolute Gasteiger partial charge is 0.410 e. The first-order valence-electron chi connectivity index (χ1n) is 14.3. The van der Waals surface area contributed by atoms with Crippen molar-refractivity contribution in [1.82, 2.24) is 15.1 Å². The SMILES string of the molecule is CCOC(=O)CN(Cc1ccccc1CNC(=O)OC(C)(C)C)C(=O)C1(C)CCN(C(=O)OCc2ccccc2)CC1. The molecule has 0 atom stereocenters. The zero-order chi connectivity index (χ0) is 30.8. The van der Waals surface area contributed by atoms with Gasteiger partial charge in [0.25, 0.3) is 0 Å². The molecule has 0 aliphatic carbocycles. The number of carbonyl (C=O) groups is 4. The normalized spacial score (nSPS) is 14.5. The molecule has 0 radical (unpaired) electrons. The van der Waals surface area contributed by atoms with Gasteiger partial charge in [0.2, 0.25) is 5.91 Å². The third-order valence-corrected chi connectivity index (χ3v) is 7.06. The molecule has 1 saturated heterocycles. The Balaban J connectivity index is 1.68. The topological polar surface area (TPSA) is 114 Å². The summed E-state index contributed by atoms with van der Waals surface area (Å²) in [5.74, 6) is -0.691. The van der Waals surface area contributed by atoms with Gasteiger partial charge in [0.05, 0.1) is 6.61 Å². The molecule has 0 spiro atoms. The fourth-order valence-corrected chi connectivity index (χ4v) is 4.72. The van der Waals surface area contributed by atoms with Crippen molar-refractivity contribution >= 4 is 24.1 Å². The number of hydrogen-bond donors (Lipinski definition) is 1. The maximum Gasteiger partial charge on any atom is 0.410 e. The van der Waals surface area contributed by atoms with Crippen LogP contribution >= 0.6 is 0 Å². The summed E-state index contributed by atoms with van der Waals surface area (Å²) in [7, 11) is 0. The third-order valence-electron chi connectivity index (χ3n) is 7.06. The van der Waals surface area contributed by atoms with E-state index in [9.17, 15) is 19.2 Å². The Bertz CT molecular complexity index is 1220. The van der Waals surface area contributed by atoms with Gasteiger partial charge in [-0.1, -0.05) is 61.5 Å². The Kier molecular flexibility index (Phi) is 11.4. The van der Waals surface area contributed by atoms with Gasteiger partial charge >= 0.3 is 18.2 Å². The number of carbonyl (C=O) groups excluding carboxylic acids is 4. The lowest BCUT2D eigenvalue weighted by Crippen LogP contribution is -2.51. The van der Waals surface area contributed by atoms with Crippen molar-refractivity contribution in [2.24, 2.45) is 5.41 Å². The van der Waals surface area contributed by atoms with E-state index in [-0.39, 0.29) is 38.8 Å². The number of rotatable bonds is 10. The van der Waals surface area contributed by atoms with Crippen LogP contribution < -0.4 is 5.32 Å². The van der Waals surface area contributed by atoms with Crippen molar-refractivity contribution in [3.05, 3.63) is 71.3 Å². The van der Waals surface area contributed by atoms with Gasteiger partial charge in [0, 0.05) is 31.6 Å². The largest absolute Gasteiger partial charge is 0.465 e.